The summed E-state index contributed by atoms with van der Waals surface area (Å²) in [7, 11) is 0. The lowest BCUT2D eigenvalue weighted by atomic mass is 10.2. The Kier molecular flexibility index (Phi) is 5.17. The highest BCUT2D eigenvalue weighted by Crippen LogP contribution is 2.20. The van der Waals surface area contributed by atoms with E-state index in [9.17, 15) is 9.18 Å². The second-order valence-electron chi connectivity index (χ2n) is 4.44. The Balaban J connectivity index is 2.06. The van der Waals surface area contributed by atoms with E-state index in [1.54, 1.807) is 12.1 Å². The molecule has 2 rings (SSSR count). The first-order valence-electron chi connectivity index (χ1n) is 6.57. The second-order valence-corrected chi connectivity index (χ2v) is 4.88. The maximum Gasteiger partial charge on any atom is 0.265 e. The third-order valence-corrected chi connectivity index (χ3v) is 3.11. The topological polar surface area (TPSA) is 38.3 Å². The second kappa shape index (κ2) is 7.09. The fourth-order valence-corrected chi connectivity index (χ4v) is 1.95. The van der Waals surface area contributed by atoms with Gasteiger partial charge < -0.3 is 10.1 Å². The van der Waals surface area contributed by atoms with Crippen LogP contribution in [0.15, 0.2) is 48.5 Å². The molecule has 1 atom stereocenters. The first kappa shape index (κ1) is 15.3. The van der Waals surface area contributed by atoms with Gasteiger partial charge in [-0.1, -0.05) is 36.7 Å². The summed E-state index contributed by atoms with van der Waals surface area (Å²) in [6.07, 6.45) is -0.224. The average Bonchev–Trinajstić information content (AvgIpc) is 2.48. The average molecular weight is 308 g/mol. The number of nitrogens with one attached hydrogen (secondary N) is 1. The van der Waals surface area contributed by atoms with Crippen molar-refractivity contribution < 1.29 is 13.9 Å². The largest absolute Gasteiger partial charge is 0.481 e. The first-order valence-corrected chi connectivity index (χ1v) is 6.95. The van der Waals surface area contributed by atoms with Crippen molar-refractivity contribution in [2.75, 3.05) is 5.32 Å². The van der Waals surface area contributed by atoms with Crippen molar-refractivity contribution >= 4 is 23.2 Å². The number of halogens is 2. The standard InChI is InChI=1S/C16H15ClFNO2/c1-2-15(21-12-6-4-3-5-7-12)16(20)19-14-9-8-11(17)10-13(14)18/h3-10,15H,2H2,1H3,(H,19,20)/t15-/m1/s1. The maximum atomic E-state index is 13.7. The molecule has 0 unspecified atom stereocenters. The molecule has 0 radical (unpaired) electrons. The summed E-state index contributed by atoms with van der Waals surface area (Å²) in [5.74, 6) is -0.385. The van der Waals surface area contributed by atoms with Crippen molar-refractivity contribution in [2.24, 2.45) is 0 Å². The Labute approximate surface area is 127 Å². The Bertz CT molecular complexity index is 619. The molecule has 0 aliphatic rings. The molecule has 2 aromatic carbocycles. The van der Waals surface area contributed by atoms with Crippen LogP contribution in [0.3, 0.4) is 0 Å². The van der Waals surface area contributed by atoms with E-state index in [2.05, 4.69) is 5.32 Å². The first-order chi connectivity index (χ1) is 10.1. The van der Waals surface area contributed by atoms with Gasteiger partial charge >= 0.3 is 0 Å². The number of hydrogen-bond donors (Lipinski definition) is 1. The number of carbonyl (C=O) groups excluding carboxylic acids is 1. The van der Waals surface area contributed by atoms with Crippen LogP contribution in [0, 0.1) is 5.82 Å². The van der Waals surface area contributed by atoms with Crippen LogP contribution in [-0.2, 0) is 4.79 Å². The fraction of sp³-hybridized carbons (Fsp3) is 0.188. The molecule has 0 fully saturated rings. The predicted octanol–water partition coefficient (Wildman–Crippen LogP) is 4.28. The number of ether oxygens (including phenoxy) is 1. The van der Waals surface area contributed by atoms with Crippen molar-refractivity contribution in [3.8, 4) is 5.75 Å². The van der Waals surface area contributed by atoms with Gasteiger partial charge in [-0.3, -0.25) is 4.79 Å². The molecule has 2 aromatic rings. The van der Waals surface area contributed by atoms with Crippen molar-refractivity contribution in [3.63, 3.8) is 0 Å². The van der Waals surface area contributed by atoms with Crippen LogP contribution in [-0.4, -0.2) is 12.0 Å². The highest BCUT2D eigenvalue weighted by Gasteiger charge is 2.19. The Hall–Kier alpha value is -2.07. The molecule has 0 saturated carbocycles. The lowest BCUT2D eigenvalue weighted by Gasteiger charge is -2.17. The summed E-state index contributed by atoms with van der Waals surface area (Å²) in [5.41, 5.74) is 0.0829. The normalized spacial score (nSPS) is 11.8. The van der Waals surface area contributed by atoms with Crippen LogP contribution >= 0.6 is 11.6 Å². The predicted molar refractivity (Wildman–Crippen MR) is 81.2 cm³/mol. The molecule has 0 spiro atoms. The third-order valence-electron chi connectivity index (χ3n) is 2.87. The molecule has 3 nitrogen and oxygen atoms in total. The zero-order valence-corrected chi connectivity index (χ0v) is 12.2. The van der Waals surface area contributed by atoms with Crippen LogP contribution in [0.4, 0.5) is 10.1 Å². The zero-order chi connectivity index (χ0) is 15.2. The summed E-state index contributed by atoms with van der Waals surface area (Å²) in [4.78, 5) is 12.1. The lowest BCUT2D eigenvalue weighted by Crippen LogP contribution is -2.32. The van der Waals surface area contributed by atoms with Gasteiger partial charge in [0.15, 0.2) is 6.10 Å². The van der Waals surface area contributed by atoms with Gasteiger partial charge in [0, 0.05) is 5.02 Å². The Morgan fingerprint density at radius 1 is 1.29 bits per heavy atom. The molecule has 0 bridgehead atoms. The number of hydrogen-bond acceptors (Lipinski definition) is 2. The van der Waals surface area contributed by atoms with E-state index >= 15 is 0 Å². The molecule has 1 amide bonds. The number of para-hydroxylation sites is 1. The van der Waals surface area contributed by atoms with Gasteiger partial charge in [0.1, 0.15) is 11.6 Å². The molecule has 110 valence electrons. The highest BCUT2D eigenvalue weighted by atomic mass is 35.5. The van der Waals surface area contributed by atoms with Crippen LogP contribution in [0.2, 0.25) is 5.02 Å². The summed E-state index contributed by atoms with van der Waals surface area (Å²) in [6, 6.07) is 13.1. The minimum atomic E-state index is -0.692. The van der Waals surface area contributed by atoms with Gasteiger partial charge in [-0.2, -0.15) is 0 Å². The van der Waals surface area contributed by atoms with Crippen molar-refractivity contribution in [1.82, 2.24) is 0 Å². The van der Waals surface area contributed by atoms with E-state index in [1.165, 1.54) is 12.1 Å². The molecule has 0 aromatic heterocycles. The van der Waals surface area contributed by atoms with Gasteiger partial charge in [0.2, 0.25) is 0 Å². The van der Waals surface area contributed by atoms with Crippen molar-refractivity contribution in [3.05, 3.63) is 59.4 Å². The number of amides is 1. The van der Waals surface area contributed by atoms with Crippen LogP contribution in [0.5, 0.6) is 5.75 Å². The SMILES string of the molecule is CC[C@@H](Oc1ccccc1)C(=O)Nc1ccc(Cl)cc1F. The van der Waals surface area contributed by atoms with E-state index < -0.39 is 17.8 Å². The third kappa shape index (κ3) is 4.20. The van der Waals surface area contributed by atoms with Gasteiger partial charge in [-0.05, 0) is 36.8 Å². The van der Waals surface area contributed by atoms with E-state index in [-0.39, 0.29) is 10.7 Å². The number of benzene rings is 2. The Morgan fingerprint density at radius 3 is 2.62 bits per heavy atom. The summed E-state index contributed by atoms with van der Waals surface area (Å²) in [6.45, 7) is 1.82. The molecule has 0 aliphatic carbocycles. The molecular formula is C16H15ClFNO2. The van der Waals surface area contributed by atoms with Gasteiger partial charge in [0.05, 0.1) is 5.69 Å². The zero-order valence-electron chi connectivity index (χ0n) is 11.5. The number of rotatable bonds is 5. The van der Waals surface area contributed by atoms with E-state index in [0.717, 1.165) is 6.07 Å². The quantitative estimate of drug-likeness (QED) is 0.895. The van der Waals surface area contributed by atoms with E-state index in [4.69, 9.17) is 16.3 Å². The van der Waals surface area contributed by atoms with Gasteiger partial charge in [-0.15, -0.1) is 0 Å². The minimum Gasteiger partial charge on any atom is -0.481 e. The summed E-state index contributed by atoms with van der Waals surface area (Å²) < 4.78 is 19.3. The molecule has 0 heterocycles. The highest BCUT2D eigenvalue weighted by molar-refractivity contribution is 6.30. The minimum absolute atomic E-state index is 0.0829. The van der Waals surface area contributed by atoms with Crippen LogP contribution in [0.1, 0.15) is 13.3 Å². The van der Waals surface area contributed by atoms with Gasteiger partial charge in [-0.25, -0.2) is 4.39 Å². The lowest BCUT2D eigenvalue weighted by molar-refractivity contribution is -0.122. The molecule has 1 N–H and O–H groups in total. The molecule has 0 saturated heterocycles. The number of anilines is 1. The summed E-state index contributed by atoms with van der Waals surface area (Å²) >= 11 is 5.67. The Morgan fingerprint density at radius 2 is 2.00 bits per heavy atom. The fourth-order valence-electron chi connectivity index (χ4n) is 1.79. The smallest absolute Gasteiger partial charge is 0.265 e. The monoisotopic (exact) mass is 307 g/mol. The van der Waals surface area contributed by atoms with Crippen molar-refractivity contribution in [2.45, 2.75) is 19.4 Å². The number of carbonyl (C=O) groups is 1. The molecule has 21 heavy (non-hydrogen) atoms. The van der Waals surface area contributed by atoms with Crippen molar-refractivity contribution in [1.29, 1.82) is 0 Å². The molecule has 5 heteroatoms. The summed E-state index contributed by atoms with van der Waals surface area (Å²) in [5, 5.41) is 2.79. The van der Waals surface area contributed by atoms with Crippen LogP contribution < -0.4 is 10.1 Å². The van der Waals surface area contributed by atoms with Gasteiger partial charge in [0.25, 0.3) is 5.91 Å². The van der Waals surface area contributed by atoms with E-state index in [0.29, 0.717) is 12.2 Å². The van der Waals surface area contributed by atoms with Crippen LogP contribution in [0.25, 0.3) is 0 Å². The maximum absolute atomic E-state index is 13.7. The van der Waals surface area contributed by atoms with E-state index in [1.807, 2.05) is 25.1 Å². The molecule has 0 aliphatic heterocycles. The molecular weight excluding hydrogens is 293 g/mol.